The van der Waals surface area contributed by atoms with Gasteiger partial charge in [-0.2, -0.15) is 0 Å². The van der Waals surface area contributed by atoms with Gasteiger partial charge in [-0.3, -0.25) is 4.99 Å². The highest BCUT2D eigenvalue weighted by Crippen LogP contribution is 2.03. The van der Waals surface area contributed by atoms with Crippen molar-refractivity contribution in [2.45, 2.75) is 32.7 Å². The summed E-state index contributed by atoms with van der Waals surface area (Å²) in [7, 11) is 0. The molecule has 0 spiro atoms. The van der Waals surface area contributed by atoms with Crippen molar-refractivity contribution in [3.05, 3.63) is 0 Å². The Hall–Kier alpha value is -0.750. The number of carbonyl (C=O) groups is 1. The Morgan fingerprint density at radius 2 is 2.31 bits per heavy atom. The van der Waals surface area contributed by atoms with Gasteiger partial charge in [0, 0.05) is 5.75 Å². The van der Waals surface area contributed by atoms with E-state index < -0.39 is 12.0 Å². The molecule has 0 saturated carbocycles. The van der Waals surface area contributed by atoms with Gasteiger partial charge in [0.15, 0.2) is 0 Å². The zero-order valence-electron chi connectivity index (χ0n) is 9.85. The summed E-state index contributed by atoms with van der Waals surface area (Å²) in [5.41, 5.74) is 5.32. The van der Waals surface area contributed by atoms with Gasteiger partial charge in [0.05, 0.1) is 6.34 Å². The number of aliphatic carboxylic acids is 1. The molecule has 0 bridgehead atoms. The summed E-state index contributed by atoms with van der Waals surface area (Å²) >= 11 is 1.52. The van der Waals surface area contributed by atoms with Crippen molar-refractivity contribution < 1.29 is 9.90 Å². The SMILES string of the molecule is CC(C)CSNC=N[C@H](CCCN)C(=O)O. The first kappa shape index (κ1) is 15.2. The molecule has 0 aromatic carbocycles. The van der Waals surface area contributed by atoms with Crippen molar-refractivity contribution in [2.24, 2.45) is 16.6 Å². The van der Waals surface area contributed by atoms with E-state index in [2.05, 4.69) is 23.6 Å². The Labute approximate surface area is 101 Å². The summed E-state index contributed by atoms with van der Waals surface area (Å²) in [6.07, 6.45) is 2.62. The van der Waals surface area contributed by atoms with Gasteiger partial charge in [-0.15, -0.1) is 0 Å². The van der Waals surface area contributed by atoms with Gasteiger partial charge < -0.3 is 15.6 Å². The van der Waals surface area contributed by atoms with Gasteiger partial charge in [0.25, 0.3) is 0 Å². The van der Waals surface area contributed by atoms with E-state index in [1.54, 1.807) is 0 Å². The maximum Gasteiger partial charge on any atom is 0.328 e. The third-order valence-electron chi connectivity index (χ3n) is 1.77. The number of nitrogens with one attached hydrogen (secondary N) is 1. The molecule has 4 N–H and O–H groups in total. The lowest BCUT2D eigenvalue weighted by Crippen LogP contribution is -2.20. The summed E-state index contributed by atoms with van der Waals surface area (Å²) in [4.78, 5) is 14.7. The van der Waals surface area contributed by atoms with Gasteiger partial charge in [-0.05, 0) is 25.3 Å². The Balaban J connectivity index is 3.80. The maximum absolute atomic E-state index is 10.8. The summed E-state index contributed by atoms with van der Waals surface area (Å²) in [6, 6.07) is -0.685. The van der Waals surface area contributed by atoms with Crippen LogP contribution in [0, 0.1) is 5.92 Å². The lowest BCUT2D eigenvalue weighted by atomic mass is 10.2. The van der Waals surface area contributed by atoms with Crippen LogP contribution < -0.4 is 10.5 Å². The van der Waals surface area contributed by atoms with Crippen LogP contribution in [0.15, 0.2) is 4.99 Å². The summed E-state index contributed by atoms with van der Waals surface area (Å²) < 4.78 is 2.91. The summed E-state index contributed by atoms with van der Waals surface area (Å²) in [6.45, 7) is 4.73. The Bertz CT molecular complexity index is 222. The normalized spacial score (nSPS) is 13.2. The summed E-state index contributed by atoms with van der Waals surface area (Å²) in [5.74, 6) is 0.658. The van der Waals surface area contributed by atoms with Gasteiger partial charge in [-0.1, -0.05) is 25.8 Å². The molecular weight excluding hydrogens is 226 g/mol. The van der Waals surface area contributed by atoms with Gasteiger partial charge in [0.1, 0.15) is 6.04 Å². The Morgan fingerprint density at radius 1 is 1.62 bits per heavy atom. The number of carboxylic acids is 1. The molecule has 0 amide bonds. The van der Waals surface area contributed by atoms with Crippen molar-refractivity contribution in [1.29, 1.82) is 0 Å². The van der Waals surface area contributed by atoms with E-state index in [9.17, 15) is 4.79 Å². The lowest BCUT2D eigenvalue weighted by Gasteiger charge is -2.06. The molecule has 0 rings (SSSR count). The first-order valence-corrected chi connectivity index (χ1v) is 6.38. The van der Waals surface area contributed by atoms with Gasteiger partial charge in [-0.25, -0.2) is 4.79 Å². The number of hydrogen-bond donors (Lipinski definition) is 3. The molecule has 0 saturated heterocycles. The van der Waals surface area contributed by atoms with Crippen LogP contribution in [0.3, 0.4) is 0 Å². The molecule has 0 unspecified atom stereocenters. The Kier molecular flexibility index (Phi) is 9.03. The number of nitrogens with two attached hydrogens (primary N) is 1. The average molecular weight is 247 g/mol. The summed E-state index contributed by atoms with van der Waals surface area (Å²) in [5, 5.41) is 8.86. The lowest BCUT2D eigenvalue weighted by molar-refractivity contribution is -0.138. The quantitative estimate of drug-likeness (QED) is 0.246. The smallest absolute Gasteiger partial charge is 0.328 e. The molecule has 94 valence electrons. The number of hydrogen-bond acceptors (Lipinski definition) is 4. The highest BCUT2D eigenvalue weighted by atomic mass is 32.2. The molecule has 0 aromatic rings. The van der Waals surface area contributed by atoms with E-state index in [4.69, 9.17) is 10.8 Å². The largest absolute Gasteiger partial charge is 0.480 e. The van der Waals surface area contributed by atoms with Crippen LogP contribution in [-0.2, 0) is 4.79 Å². The van der Waals surface area contributed by atoms with Crippen LogP contribution in [0.1, 0.15) is 26.7 Å². The Morgan fingerprint density at radius 3 is 2.81 bits per heavy atom. The van der Waals surface area contributed by atoms with Gasteiger partial charge in [0.2, 0.25) is 0 Å². The molecule has 0 aliphatic rings. The second kappa shape index (κ2) is 9.47. The van der Waals surface area contributed by atoms with Crippen molar-refractivity contribution in [2.75, 3.05) is 12.3 Å². The standard InChI is InChI=1S/C10H21N3O2S/c1-8(2)6-16-13-7-12-9(10(14)15)4-3-5-11/h7-9H,3-6,11H2,1-2H3,(H,12,13)(H,14,15)/t9-/m1/s1. The van der Waals surface area contributed by atoms with E-state index in [1.165, 1.54) is 18.3 Å². The molecule has 0 aliphatic carbocycles. The predicted octanol–water partition coefficient (Wildman–Crippen LogP) is 1.10. The second-order valence-electron chi connectivity index (χ2n) is 3.89. The number of aliphatic imine (C=N–C) groups is 1. The minimum Gasteiger partial charge on any atom is -0.480 e. The molecule has 0 fully saturated rings. The predicted molar refractivity (Wildman–Crippen MR) is 68.6 cm³/mol. The van der Waals surface area contributed by atoms with Crippen LogP contribution in [0.4, 0.5) is 0 Å². The zero-order valence-corrected chi connectivity index (χ0v) is 10.7. The number of rotatable bonds is 9. The molecule has 0 aliphatic heterocycles. The van der Waals surface area contributed by atoms with E-state index in [-0.39, 0.29) is 0 Å². The first-order chi connectivity index (χ1) is 7.57. The molecular formula is C10H21N3O2S. The minimum absolute atomic E-state index is 0.485. The van der Waals surface area contributed by atoms with Crippen LogP contribution in [-0.4, -0.2) is 35.8 Å². The van der Waals surface area contributed by atoms with E-state index in [1.807, 2.05) is 0 Å². The first-order valence-electron chi connectivity index (χ1n) is 5.39. The fourth-order valence-electron chi connectivity index (χ4n) is 0.945. The van der Waals surface area contributed by atoms with Crippen LogP contribution in [0.2, 0.25) is 0 Å². The van der Waals surface area contributed by atoms with Crippen molar-refractivity contribution in [3.63, 3.8) is 0 Å². The second-order valence-corrected chi connectivity index (χ2v) is 4.74. The molecule has 0 heterocycles. The van der Waals surface area contributed by atoms with E-state index in [0.717, 1.165) is 5.75 Å². The van der Waals surface area contributed by atoms with E-state index >= 15 is 0 Å². The van der Waals surface area contributed by atoms with Crippen LogP contribution in [0.25, 0.3) is 0 Å². The van der Waals surface area contributed by atoms with Crippen molar-refractivity contribution in [1.82, 2.24) is 4.72 Å². The topological polar surface area (TPSA) is 87.7 Å². The van der Waals surface area contributed by atoms with Crippen molar-refractivity contribution >= 4 is 24.3 Å². The third-order valence-corrected chi connectivity index (χ3v) is 2.88. The number of carboxylic acid groups (broad SMARTS) is 1. The molecule has 0 radical (unpaired) electrons. The molecule has 0 aromatic heterocycles. The molecule has 6 heteroatoms. The average Bonchev–Trinajstić information content (AvgIpc) is 2.21. The maximum atomic E-state index is 10.8. The molecule has 1 atom stereocenters. The van der Waals surface area contributed by atoms with Gasteiger partial charge >= 0.3 is 5.97 Å². The monoisotopic (exact) mass is 247 g/mol. The fourth-order valence-corrected chi connectivity index (χ4v) is 1.51. The zero-order chi connectivity index (χ0) is 12.4. The van der Waals surface area contributed by atoms with E-state index in [0.29, 0.717) is 25.3 Å². The molecule has 16 heavy (non-hydrogen) atoms. The van der Waals surface area contributed by atoms with Crippen LogP contribution in [0.5, 0.6) is 0 Å². The highest BCUT2D eigenvalue weighted by molar-refractivity contribution is 7.97. The fraction of sp³-hybridized carbons (Fsp3) is 0.800. The van der Waals surface area contributed by atoms with Crippen LogP contribution >= 0.6 is 11.9 Å². The molecule has 5 nitrogen and oxygen atoms in total. The highest BCUT2D eigenvalue weighted by Gasteiger charge is 2.13. The van der Waals surface area contributed by atoms with Crippen molar-refractivity contribution in [3.8, 4) is 0 Å². The third kappa shape index (κ3) is 8.55. The number of nitrogens with zero attached hydrogens (tertiary/aromatic N) is 1. The minimum atomic E-state index is -0.902.